The zero-order chi connectivity index (χ0) is 24.8. The minimum Gasteiger partial charge on any atom is -0.391 e. The van der Waals surface area contributed by atoms with Gasteiger partial charge < -0.3 is 10.0 Å². The van der Waals surface area contributed by atoms with Crippen molar-refractivity contribution in [1.82, 2.24) is 24.3 Å². The minimum atomic E-state index is -0.511. The maximum Gasteiger partial charge on any atom is 0.261 e. The molecule has 0 spiro atoms. The van der Waals surface area contributed by atoms with Crippen LogP contribution in [0.2, 0.25) is 0 Å². The van der Waals surface area contributed by atoms with Gasteiger partial charge in [0.25, 0.3) is 5.56 Å². The summed E-state index contributed by atoms with van der Waals surface area (Å²) in [5.74, 6) is 0. The molecule has 1 aromatic carbocycles. The zero-order valence-electron chi connectivity index (χ0n) is 20.6. The highest BCUT2D eigenvalue weighted by molar-refractivity contribution is 5.97. The lowest BCUT2D eigenvalue weighted by molar-refractivity contribution is 0.0735. The molecular formula is C28H30N6O2. The fraction of sp³-hybridized carbons (Fsp3) is 0.357. The van der Waals surface area contributed by atoms with Gasteiger partial charge in [0.1, 0.15) is 5.52 Å². The Morgan fingerprint density at radius 3 is 2.72 bits per heavy atom. The molecule has 8 nitrogen and oxygen atoms in total. The molecule has 1 fully saturated rings. The van der Waals surface area contributed by atoms with E-state index >= 15 is 0 Å². The largest absolute Gasteiger partial charge is 0.391 e. The van der Waals surface area contributed by atoms with Gasteiger partial charge in [-0.1, -0.05) is 31.1 Å². The highest BCUT2D eigenvalue weighted by Gasteiger charge is 2.27. The van der Waals surface area contributed by atoms with Gasteiger partial charge in [-0.25, -0.2) is 4.98 Å². The van der Waals surface area contributed by atoms with Crippen LogP contribution in [0.5, 0.6) is 0 Å². The van der Waals surface area contributed by atoms with E-state index in [1.54, 1.807) is 15.6 Å². The number of anilines is 1. The van der Waals surface area contributed by atoms with Gasteiger partial charge in [0.15, 0.2) is 0 Å². The number of hydrogen-bond donors (Lipinski definition) is 1. The fourth-order valence-electron chi connectivity index (χ4n) is 5.60. The Morgan fingerprint density at radius 1 is 1.11 bits per heavy atom. The lowest BCUT2D eigenvalue weighted by Gasteiger charge is -2.30. The third-order valence-corrected chi connectivity index (χ3v) is 7.49. The zero-order valence-corrected chi connectivity index (χ0v) is 20.6. The number of aryl methyl sites for hydroxylation is 1. The third-order valence-electron chi connectivity index (χ3n) is 7.49. The highest BCUT2D eigenvalue weighted by atomic mass is 16.3. The van der Waals surface area contributed by atoms with Gasteiger partial charge in [-0.15, -0.1) is 0 Å². The van der Waals surface area contributed by atoms with Gasteiger partial charge in [0.2, 0.25) is 0 Å². The van der Waals surface area contributed by atoms with E-state index in [0.29, 0.717) is 11.8 Å². The van der Waals surface area contributed by atoms with Crippen LogP contribution in [0.3, 0.4) is 0 Å². The Kier molecular flexibility index (Phi) is 5.68. The topological polar surface area (TPSA) is 89.1 Å². The van der Waals surface area contributed by atoms with E-state index in [1.807, 2.05) is 44.8 Å². The second kappa shape index (κ2) is 9.02. The van der Waals surface area contributed by atoms with E-state index in [4.69, 9.17) is 4.98 Å². The van der Waals surface area contributed by atoms with E-state index < -0.39 is 6.10 Å². The lowest BCUT2D eigenvalue weighted by atomic mass is 9.92. The first-order valence-electron chi connectivity index (χ1n) is 12.6. The molecule has 1 N–H and O–H groups in total. The van der Waals surface area contributed by atoms with E-state index in [0.717, 1.165) is 71.4 Å². The predicted octanol–water partition coefficient (Wildman–Crippen LogP) is 3.72. The molecule has 6 rings (SSSR count). The molecule has 1 unspecified atom stereocenters. The maximum atomic E-state index is 13.7. The summed E-state index contributed by atoms with van der Waals surface area (Å²) >= 11 is 0. The number of aliphatic hydroxyl groups excluding tert-OH is 1. The van der Waals surface area contributed by atoms with E-state index in [-0.39, 0.29) is 11.6 Å². The molecule has 0 amide bonds. The van der Waals surface area contributed by atoms with Crippen LogP contribution in [0.4, 0.5) is 5.69 Å². The maximum absolute atomic E-state index is 13.7. The molecule has 3 aromatic heterocycles. The molecule has 4 heterocycles. The smallest absolute Gasteiger partial charge is 0.261 e. The predicted molar refractivity (Wildman–Crippen MR) is 141 cm³/mol. The van der Waals surface area contributed by atoms with Crippen molar-refractivity contribution < 1.29 is 5.11 Å². The van der Waals surface area contributed by atoms with Crippen molar-refractivity contribution in [3.05, 3.63) is 76.2 Å². The number of hydrogen-bond acceptors (Lipinski definition) is 6. The van der Waals surface area contributed by atoms with Gasteiger partial charge in [-0.2, -0.15) is 5.10 Å². The minimum absolute atomic E-state index is 0.0806. The summed E-state index contributed by atoms with van der Waals surface area (Å²) in [5, 5.41) is 15.4. The van der Waals surface area contributed by atoms with Gasteiger partial charge in [-0.05, 0) is 42.5 Å². The number of pyridine rings is 1. The van der Waals surface area contributed by atoms with Crippen LogP contribution in [0.25, 0.3) is 28.2 Å². The third kappa shape index (κ3) is 3.91. The second-order valence-electron chi connectivity index (χ2n) is 9.98. The molecule has 184 valence electrons. The Bertz CT molecular complexity index is 1520. The Hall–Kier alpha value is -3.78. The molecule has 8 heteroatoms. The van der Waals surface area contributed by atoms with Crippen LogP contribution in [0, 0.1) is 0 Å². The molecule has 0 radical (unpaired) electrons. The molecule has 2 aliphatic rings. The quantitative estimate of drug-likeness (QED) is 0.477. The van der Waals surface area contributed by atoms with Crippen LogP contribution < -0.4 is 10.5 Å². The molecule has 4 aromatic rings. The van der Waals surface area contributed by atoms with Crippen LogP contribution in [0.15, 0.2) is 54.0 Å². The molecule has 1 aliphatic heterocycles. The van der Waals surface area contributed by atoms with Crippen LogP contribution in [-0.2, 0) is 13.5 Å². The Balaban J connectivity index is 1.44. The number of aromatic nitrogens is 5. The Morgan fingerprint density at radius 2 is 1.97 bits per heavy atom. The first-order valence-corrected chi connectivity index (χ1v) is 12.6. The average Bonchev–Trinajstić information content (AvgIpc) is 3.32. The summed E-state index contributed by atoms with van der Waals surface area (Å²) in [4.78, 5) is 25.3. The number of aliphatic hydroxyl groups is 1. The average molecular weight is 483 g/mol. The van der Waals surface area contributed by atoms with Crippen LogP contribution in [0.1, 0.15) is 48.4 Å². The molecule has 0 saturated heterocycles. The molecule has 0 bridgehead atoms. The van der Waals surface area contributed by atoms with E-state index in [1.165, 1.54) is 0 Å². The number of fused-ring (bicyclic) bond motifs is 3. The summed E-state index contributed by atoms with van der Waals surface area (Å²) in [6, 6.07) is 5.88. The standard InChI is InChI=1S/C28H30N6O2/c1-32-11-5-6-21-19(12-18-9-10-23(29-14-18)20-15-31-33(2)16-20)13-22-26(27(21)32)30-17-34(28(22)36)24-7-3-4-8-25(24)35/h5-6,9-10,13-17,24-25,35H,3-4,7-8,11-12H2,1-2H3/t24?,25-/m0/s1. The number of likely N-dealkylation sites (N-methyl/N-ethyl adjacent to an activating group) is 1. The van der Waals surface area contributed by atoms with Crippen molar-refractivity contribution in [3.63, 3.8) is 0 Å². The number of nitrogens with zero attached hydrogens (tertiary/aromatic N) is 6. The van der Waals surface area contributed by atoms with Crippen LogP contribution >= 0.6 is 0 Å². The van der Waals surface area contributed by atoms with E-state index in [2.05, 4.69) is 33.2 Å². The van der Waals surface area contributed by atoms with Crippen molar-refractivity contribution in [2.24, 2.45) is 7.05 Å². The van der Waals surface area contributed by atoms with Crippen molar-refractivity contribution in [3.8, 4) is 11.3 Å². The second-order valence-corrected chi connectivity index (χ2v) is 9.98. The van der Waals surface area contributed by atoms with Crippen molar-refractivity contribution in [2.75, 3.05) is 18.5 Å². The molecule has 1 saturated carbocycles. The summed E-state index contributed by atoms with van der Waals surface area (Å²) in [5.41, 5.74) is 6.71. The summed E-state index contributed by atoms with van der Waals surface area (Å²) in [6.07, 6.45) is 15.2. The first-order chi connectivity index (χ1) is 17.5. The first kappa shape index (κ1) is 22.7. The van der Waals surface area contributed by atoms with Crippen molar-refractivity contribution in [2.45, 2.75) is 44.2 Å². The van der Waals surface area contributed by atoms with Gasteiger partial charge in [0.05, 0.1) is 41.4 Å². The summed E-state index contributed by atoms with van der Waals surface area (Å²) in [7, 11) is 3.93. The van der Waals surface area contributed by atoms with Gasteiger partial charge >= 0.3 is 0 Å². The van der Waals surface area contributed by atoms with Crippen molar-refractivity contribution in [1.29, 1.82) is 0 Å². The number of rotatable bonds is 4. The molecule has 1 aliphatic carbocycles. The summed E-state index contributed by atoms with van der Waals surface area (Å²) < 4.78 is 3.42. The molecule has 2 atom stereocenters. The lowest BCUT2D eigenvalue weighted by Crippen LogP contribution is -2.35. The molecule has 36 heavy (non-hydrogen) atoms. The highest BCUT2D eigenvalue weighted by Crippen LogP contribution is 2.36. The van der Waals surface area contributed by atoms with Gasteiger partial charge in [-0.3, -0.25) is 19.0 Å². The normalized spacial score (nSPS) is 19.6. The van der Waals surface area contributed by atoms with Crippen LogP contribution in [-0.4, -0.2) is 49.1 Å². The number of benzene rings is 1. The van der Waals surface area contributed by atoms with Gasteiger partial charge in [0, 0.05) is 44.2 Å². The fourth-order valence-corrected chi connectivity index (χ4v) is 5.60. The van der Waals surface area contributed by atoms with Crippen molar-refractivity contribution >= 4 is 22.7 Å². The summed E-state index contributed by atoms with van der Waals surface area (Å²) in [6.45, 7) is 0.763. The Labute approximate surface area is 209 Å². The SMILES string of the molecule is CN1CC=Cc2c(Cc3ccc(-c4cnn(C)c4)nc3)cc3c(=O)n(C4CCCC[C@@H]4O)cnc3c21. The monoisotopic (exact) mass is 482 g/mol. The van der Waals surface area contributed by atoms with E-state index in [9.17, 15) is 9.90 Å². The molecular weight excluding hydrogens is 452 g/mol.